The maximum absolute atomic E-state index is 13.9. The first-order chi connectivity index (χ1) is 16.0. The highest BCUT2D eigenvalue weighted by atomic mass is 19.2. The summed E-state index contributed by atoms with van der Waals surface area (Å²) in [5, 5.41) is 0.311. The molecule has 0 N–H and O–H groups in total. The Morgan fingerprint density at radius 3 is 1.97 bits per heavy atom. The summed E-state index contributed by atoms with van der Waals surface area (Å²) in [6.07, 6.45) is 2.84. The molecule has 0 bridgehead atoms. The van der Waals surface area contributed by atoms with Gasteiger partial charge < -0.3 is 4.74 Å². The molecule has 4 aromatic rings. The van der Waals surface area contributed by atoms with Crippen molar-refractivity contribution in [2.45, 2.75) is 26.2 Å². The molecular weight excluding hydrogens is 421 g/mol. The first kappa shape index (κ1) is 22.5. The predicted molar refractivity (Wildman–Crippen MR) is 126 cm³/mol. The third-order valence-electron chi connectivity index (χ3n) is 5.38. The van der Waals surface area contributed by atoms with Crippen LogP contribution < -0.4 is 4.74 Å². The van der Waals surface area contributed by atoms with Crippen LogP contribution in [0.4, 0.5) is 13.2 Å². The van der Waals surface area contributed by atoms with Gasteiger partial charge in [-0.05, 0) is 78.2 Å². The molecule has 4 heteroatoms. The Labute approximate surface area is 191 Å². The molecule has 0 aliphatic rings. The minimum absolute atomic E-state index is 0.0342. The summed E-state index contributed by atoms with van der Waals surface area (Å²) in [5.74, 6) is 3.12. The number of aryl methyl sites for hydroxylation is 2. The van der Waals surface area contributed by atoms with Crippen molar-refractivity contribution in [2.24, 2.45) is 0 Å². The average Bonchev–Trinajstić information content (AvgIpc) is 2.84. The molecule has 0 heterocycles. The number of fused-ring (bicyclic) bond motifs is 1. The zero-order valence-corrected chi connectivity index (χ0v) is 18.3. The summed E-state index contributed by atoms with van der Waals surface area (Å²) in [6, 6.07) is 21.8. The van der Waals surface area contributed by atoms with E-state index in [2.05, 4.69) is 43.0 Å². The molecular formula is C29H23F3O. The van der Waals surface area contributed by atoms with E-state index in [1.807, 2.05) is 24.3 Å². The van der Waals surface area contributed by atoms with Crippen molar-refractivity contribution in [1.29, 1.82) is 0 Å². The van der Waals surface area contributed by atoms with Crippen LogP contribution in [0.2, 0.25) is 0 Å². The van der Waals surface area contributed by atoms with Gasteiger partial charge in [0, 0.05) is 16.5 Å². The van der Waals surface area contributed by atoms with E-state index >= 15 is 0 Å². The van der Waals surface area contributed by atoms with Crippen LogP contribution in [0.5, 0.6) is 5.75 Å². The highest BCUT2D eigenvalue weighted by molar-refractivity contribution is 5.84. The maximum atomic E-state index is 13.9. The molecule has 0 unspecified atom stereocenters. The molecule has 0 aromatic heterocycles. The smallest absolute Gasteiger partial charge is 0.195 e. The van der Waals surface area contributed by atoms with Crippen molar-refractivity contribution in [3.63, 3.8) is 0 Å². The fourth-order valence-corrected chi connectivity index (χ4v) is 3.54. The lowest BCUT2D eigenvalue weighted by Gasteiger charge is -2.06. The zero-order chi connectivity index (χ0) is 23.2. The molecule has 4 rings (SSSR count). The van der Waals surface area contributed by atoms with Crippen molar-refractivity contribution < 1.29 is 17.9 Å². The van der Waals surface area contributed by atoms with Gasteiger partial charge in [0.25, 0.3) is 0 Å². The van der Waals surface area contributed by atoms with Gasteiger partial charge in [-0.25, -0.2) is 13.2 Å². The molecule has 0 radical (unpaired) electrons. The van der Waals surface area contributed by atoms with Crippen LogP contribution >= 0.6 is 0 Å². The zero-order valence-electron chi connectivity index (χ0n) is 18.3. The first-order valence-corrected chi connectivity index (χ1v) is 10.9. The van der Waals surface area contributed by atoms with Gasteiger partial charge in [0.05, 0.1) is 6.61 Å². The molecule has 0 fully saturated rings. The summed E-state index contributed by atoms with van der Waals surface area (Å²) in [6.45, 7) is 2.81. The lowest BCUT2D eigenvalue weighted by Crippen LogP contribution is -1.96. The predicted octanol–water partition coefficient (Wildman–Crippen LogP) is 7.23. The molecule has 4 aromatic carbocycles. The molecule has 0 saturated carbocycles. The largest absolute Gasteiger partial charge is 0.494 e. The molecule has 0 spiro atoms. The summed E-state index contributed by atoms with van der Waals surface area (Å²) in [7, 11) is 0. The highest BCUT2D eigenvalue weighted by Gasteiger charge is 2.13. The summed E-state index contributed by atoms with van der Waals surface area (Å²) in [5.41, 5.74) is 3.91. The molecule has 0 saturated heterocycles. The van der Waals surface area contributed by atoms with Gasteiger partial charge in [0.2, 0.25) is 0 Å². The topological polar surface area (TPSA) is 9.23 Å². The Balaban J connectivity index is 1.40. The standard InChI is InChI=1S/C29H23F3O/c1-2-17-33-25-14-11-22(12-15-25)8-7-20-3-5-21(6-4-20)9-10-23-13-16-26-24(18-23)19-27(30)29(32)28(26)31/h3-6,11-16,18-19H,2,7-8,17H2,1H3. The van der Waals surface area contributed by atoms with Crippen molar-refractivity contribution in [2.75, 3.05) is 6.61 Å². The van der Waals surface area contributed by atoms with E-state index in [1.54, 1.807) is 12.1 Å². The van der Waals surface area contributed by atoms with Gasteiger partial charge in [-0.1, -0.05) is 49.1 Å². The monoisotopic (exact) mass is 444 g/mol. The number of ether oxygens (including phenoxy) is 1. The number of benzene rings is 4. The van der Waals surface area contributed by atoms with Crippen LogP contribution in [-0.4, -0.2) is 6.61 Å². The van der Waals surface area contributed by atoms with Crippen LogP contribution in [0.1, 0.15) is 35.6 Å². The van der Waals surface area contributed by atoms with Crippen LogP contribution in [-0.2, 0) is 12.8 Å². The van der Waals surface area contributed by atoms with Crippen LogP contribution in [0.25, 0.3) is 10.8 Å². The molecule has 166 valence electrons. The Bertz CT molecular complexity index is 1310. The van der Waals surface area contributed by atoms with Crippen LogP contribution in [0.3, 0.4) is 0 Å². The van der Waals surface area contributed by atoms with Gasteiger partial charge in [-0.2, -0.15) is 0 Å². The number of hydrogen-bond acceptors (Lipinski definition) is 1. The highest BCUT2D eigenvalue weighted by Crippen LogP contribution is 2.24. The number of halogens is 3. The molecule has 0 aliphatic heterocycles. The van der Waals surface area contributed by atoms with Gasteiger partial charge in [-0.3, -0.25) is 0 Å². The third kappa shape index (κ3) is 5.56. The first-order valence-electron chi connectivity index (χ1n) is 10.9. The van der Waals surface area contributed by atoms with Crippen molar-refractivity contribution >= 4 is 10.8 Å². The fraction of sp³-hybridized carbons (Fsp3) is 0.172. The SMILES string of the molecule is CCCOc1ccc(CCc2ccc(C#Cc3ccc4c(F)c(F)c(F)cc4c3)cc2)cc1. The Morgan fingerprint density at radius 1 is 0.697 bits per heavy atom. The number of rotatable bonds is 6. The van der Waals surface area contributed by atoms with Crippen molar-refractivity contribution in [3.05, 3.63) is 113 Å². The lowest BCUT2D eigenvalue weighted by molar-refractivity contribution is 0.317. The van der Waals surface area contributed by atoms with Gasteiger partial charge in [0.1, 0.15) is 5.75 Å². The number of hydrogen-bond donors (Lipinski definition) is 0. The van der Waals surface area contributed by atoms with E-state index < -0.39 is 17.5 Å². The van der Waals surface area contributed by atoms with Gasteiger partial charge in [-0.15, -0.1) is 0 Å². The van der Waals surface area contributed by atoms with Crippen LogP contribution in [0.15, 0.2) is 72.8 Å². The van der Waals surface area contributed by atoms with E-state index in [0.717, 1.165) is 43.2 Å². The van der Waals surface area contributed by atoms with E-state index in [-0.39, 0.29) is 10.8 Å². The third-order valence-corrected chi connectivity index (χ3v) is 5.38. The second-order valence-corrected chi connectivity index (χ2v) is 7.86. The minimum Gasteiger partial charge on any atom is -0.494 e. The Kier molecular flexibility index (Phi) is 7.00. The Morgan fingerprint density at radius 2 is 1.30 bits per heavy atom. The molecule has 0 atom stereocenters. The average molecular weight is 444 g/mol. The molecule has 33 heavy (non-hydrogen) atoms. The fourth-order valence-electron chi connectivity index (χ4n) is 3.54. The summed E-state index contributed by atoms with van der Waals surface area (Å²) in [4.78, 5) is 0. The second kappa shape index (κ2) is 10.3. The van der Waals surface area contributed by atoms with E-state index in [9.17, 15) is 13.2 Å². The maximum Gasteiger partial charge on any atom is 0.195 e. The second-order valence-electron chi connectivity index (χ2n) is 7.86. The van der Waals surface area contributed by atoms with Crippen molar-refractivity contribution in [3.8, 4) is 17.6 Å². The normalized spacial score (nSPS) is 10.7. The quantitative estimate of drug-likeness (QED) is 0.225. The molecule has 0 amide bonds. The molecule has 1 nitrogen and oxygen atoms in total. The van der Waals surface area contributed by atoms with Gasteiger partial charge >= 0.3 is 0 Å². The summed E-state index contributed by atoms with van der Waals surface area (Å²) >= 11 is 0. The van der Waals surface area contributed by atoms with E-state index in [1.165, 1.54) is 17.2 Å². The molecule has 0 aliphatic carbocycles. The summed E-state index contributed by atoms with van der Waals surface area (Å²) < 4.78 is 46.4. The Hall–Kier alpha value is -3.71. The van der Waals surface area contributed by atoms with Crippen molar-refractivity contribution in [1.82, 2.24) is 0 Å². The van der Waals surface area contributed by atoms with Gasteiger partial charge in [0.15, 0.2) is 17.5 Å². The van der Waals surface area contributed by atoms with Crippen LogP contribution in [0, 0.1) is 29.3 Å². The lowest BCUT2D eigenvalue weighted by atomic mass is 10.0. The van der Waals surface area contributed by atoms with E-state index in [4.69, 9.17) is 4.74 Å². The van der Waals surface area contributed by atoms with E-state index in [0.29, 0.717) is 5.56 Å². The minimum atomic E-state index is -1.46.